The smallest absolute Gasteiger partial charge is 0.278 e. The average molecular weight is 368 g/mol. The Bertz CT molecular complexity index is 1070. The number of carbonyl (C=O) groups is 1. The molecule has 2 aliphatic heterocycles. The van der Waals surface area contributed by atoms with Gasteiger partial charge in [0.2, 0.25) is 0 Å². The van der Waals surface area contributed by atoms with Gasteiger partial charge in [0, 0.05) is 12.5 Å². The number of nitrogens with zero attached hydrogens (tertiary/aromatic N) is 5. The van der Waals surface area contributed by atoms with E-state index in [1.807, 2.05) is 21.6 Å². The molecule has 0 unspecified atom stereocenters. The summed E-state index contributed by atoms with van der Waals surface area (Å²) in [6.07, 6.45) is 4.81. The third-order valence-corrected chi connectivity index (χ3v) is 5.77. The van der Waals surface area contributed by atoms with Crippen LogP contribution in [0.4, 0.5) is 0 Å². The first kappa shape index (κ1) is 14.5. The Kier molecular flexibility index (Phi) is 2.76. The van der Waals surface area contributed by atoms with E-state index >= 15 is 0 Å². The standard InChI is InChI=1S/C18H14ClN5O2/c19-10-2-1-3-11-13(10)18(25)23-7-6-12(23)15-14(20-8-24(11)15)17-21-16(22-26-17)9-4-5-9/h1-3,8-9,12H,4-7H2/t12-/m0/s1. The maximum Gasteiger partial charge on any atom is 0.278 e. The van der Waals surface area contributed by atoms with Gasteiger partial charge in [-0.15, -0.1) is 0 Å². The Balaban J connectivity index is 1.58. The van der Waals surface area contributed by atoms with Gasteiger partial charge in [-0.3, -0.25) is 9.36 Å². The predicted octanol–water partition coefficient (Wildman–Crippen LogP) is 3.35. The number of imidazole rings is 1. The normalized spacial score (nSPS) is 20.9. The predicted molar refractivity (Wildman–Crippen MR) is 92.2 cm³/mol. The fraction of sp³-hybridized carbons (Fsp3) is 0.333. The summed E-state index contributed by atoms with van der Waals surface area (Å²) in [5.74, 6) is 1.54. The molecule has 4 heterocycles. The number of aromatic nitrogens is 4. The van der Waals surface area contributed by atoms with Crippen LogP contribution < -0.4 is 0 Å². The third kappa shape index (κ3) is 1.83. The van der Waals surface area contributed by atoms with Crippen LogP contribution in [-0.2, 0) is 0 Å². The summed E-state index contributed by atoms with van der Waals surface area (Å²) in [7, 11) is 0. The van der Waals surface area contributed by atoms with E-state index in [1.165, 1.54) is 0 Å². The highest BCUT2D eigenvalue weighted by Crippen LogP contribution is 2.45. The van der Waals surface area contributed by atoms with Crippen LogP contribution in [0.2, 0.25) is 5.02 Å². The van der Waals surface area contributed by atoms with Crippen molar-refractivity contribution in [2.45, 2.75) is 31.2 Å². The Morgan fingerprint density at radius 1 is 1.23 bits per heavy atom. The zero-order valence-corrected chi connectivity index (χ0v) is 14.5. The lowest BCUT2D eigenvalue weighted by atomic mass is 9.97. The van der Waals surface area contributed by atoms with Crippen molar-refractivity contribution in [1.29, 1.82) is 0 Å². The summed E-state index contributed by atoms with van der Waals surface area (Å²) in [4.78, 5) is 23.9. The maximum absolute atomic E-state index is 13.0. The lowest BCUT2D eigenvalue weighted by molar-refractivity contribution is 0.0461. The lowest BCUT2D eigenvalue weighted by Gasteiger charge is -2.39. The molecule has 6 rings (SSSR count). The van der Waals surface area contributed by atoms with Gasteiger partial charge >= 0.3 is 0 Å². The van der Waals surface area contributed by atoms with E-state index in [0.29, 0.717) is 34.6 Å². The molecule has 0 spiro atoms. The Labute approximate surface area is 153 Å². The van der Waals surface area contributed by atoms with E-state index in [2.05, 4.69) is 15.1 Å². The van der Waals surface area contributed by atoms with E-state index < -0.39 is 0 Å². The summed E-state index contributed by atoms with van der Waals surface area (Å²) >= 11 is 6.36. The van der Waals surface area contributed by atoms with Crippen molar-refractivity contribution in [1.82, 2.24) is 24.6 Å². The van der Waals surface area contributed by atoms with Crippen LogP contribution in [0.3, 0.4) is 0 Å². The summed E-state index contributed by atoms with van der Waals surface area (Å²) in [5, 5.41) is 4.56. The first-order valence-electron chi connectivity index (χ1n) is 8.73. The molecule has 2 aromatic heterocycles. The Morgan fingerprint density at radius 2 is 2.12 bits per heavy atom. The molecule has 0 N–H and O–H groups in total. The van der Waals surface area contributed by atoms with E-state index in [0.717, 1.165) is 36.5 Å². The van der Waals surface area contributed by atoms with Crippen molar-refractivity contribution in [3.8, 4) is 17.3 Å². The first-order chi connectivity index (χ1) is 12.7. The molecule has 1 aliphatic carbocycles. The lowest BCUT2D eigenvalue weighted by Crippen LogP contribution is -2.44. The molecule has 7 nitrogen and oxygen atoms in total. The summed E-state index contributed by atoms with van der Waals surface area (Å²) in [5.41, 5.74) is 2.83. The van der Waals surface area contributed by atoms with Gasteiger partial charge in [-0.1, -0.05) is 22.8 Å². The van der Waals surface area contributed by atoms with Gasteiger partial charge in [-0.25, -0.2) is 4.98 Å². The average Bonchev–Trinajstić information content (AvgIpc) is 3.19. The molecular formula is C18H14ClN5O2. The molecule has 1 saturated carbocycles. The minimum Gasteiger partial charge on any atom is -0.332 e. The largest absolute Gasteiger partial charge is 0.332 e. The van der Waals surface area contributed by atoms with E-state index in [9.17, 15) is 4.79 Å². The third-order valence-electron chi connectivity index (χ3n) is 5.45. The highest BCUT2D eigenvalue weighted by molar-refractivity contribution is 6.34. The summed E-state index contributed by atoms with van der Waals surface area (Å²) in [6, 6.07) is 5.43. The first-order valence-corrected chi connectivity index (χ1v) is 9.11. The van der Waals surface area contributed by atoms with Crippen molar-refractivity contribution in [2.24, 2.45) is 0 Å². The molecule has 1 amide bonds. The van der Waals surface area contributed by atoms with Crippen LogP contribution in [-0.4, -0.2) is 37.0 Å². The van der Waals surface area contributed by atoms with Gasteiger partial charge in [-0.05, 0) is 31.4 Å². The number of rotatable bonds is 2. The number of hydrogen-bond donors (Lipinski definition) is 0. The van der Waals surface area contributed by atoms with Crippen molar-refractivity contribution >= 4 is 17.5 Å². The van der Waals surface area contributed by atoms with Crippen molar-refractivity contribution < 1.29 is 9.32 Å². The summed E-state index contributed by atoms with van der Waals surface area (Å²) in [6.45, 7) is 0.704. The molecule has 0 bridgehead atoms. The molecule has 1 saturated heterocycles. The molecule has 26 heavy (non-hydrogen) atoms. The van der Waals surface area contributed by atoms with Crippen LogP contribution in [0.1, 0.15) is 53.1 Å². The minimum absolute atomic E-state index is 0.0410. The van der Waals surface area contributed by atoms with Crippen LogP contribution in [0.5, 0.6) is 0 Å². The number of amides is 1. The molecule has 3 aliphatic rings. The minimum atomic E-state index is -0.0558. The zero-order valence-electron chi connectivity index (χ0n) is 13.7. The van der Waals surface area contributed by atoms with Gasteiger partial charge in [0.15, 0.2) is 11.5 Å². The quantitative estimate of drug-likeness (QED) is 0.694. The second kappa shape index (κ2) is 4.94. The number of benzene rings is 1. The molecule has 1 atom stereocenters. The van der Waals surface area contributed by atoms with E-state index in [4.69, 9.17) is 16.1 Å². The van der Waals surface area contributed by atoms with Gasteiger partial charge in [0.25, 0.3) is 11.8 Å². The maximum atomic E-state index is 13.0. The van der Waals surface area contributed by atoms with Gasteiger partial charge < -0.3 is 9.42 Å². The van der Waals surface area contributed by atoms with Crippen LogP contribution >= 0.6 is 11.6 Å². The van der Waals surface area contributed by atoms with Crippen LogP contribution in [0.25, 0.3) is 17.3 Å². The number of hydrogen-bond acceptors (Lipinski definition) is 5. The van der Waals surface area contributed by atoms with Crippen molar-refractivity contribution in [2.75, 3.05) is 6.54 Å². The zero-order chi connectivity index (χ0) is 17.4. The van der Waals surface area contributed by atoms with Gasteiger partial charge in [0.05, 0.1) is 28.0 Å². The van der Waals surface area contributed by atoms with Crippen LogP contribution in [0.15, 0.2) is 29.0 Å². The monoisotopic (exact) mass is 367 g/mol. The van der Waals surface area contributed by atoms with Crippen molar-refractivity contribution in [3.63, 3.8) is 0 Å². The summed E-state index contributed by atoms with van der Waals surface area (Å²) < 4.78 is 7.44. The fourth-order valence-electron chi connectivity index (χ4n) is 3.85. The molecular weight excluding hydrogens is 354 g/mol. The molecule has 130 valence electrons. The number of halogens is 1. The fourth-order valence-corrected chi connectivity index (χ4v) is 4.11. The van der Waals surface area contributed by atoms with Crippen LogP contribution in [0, 0.1) is 0 Å². The highest BCUT2D eigenvalue weighted by atomic mass is 35.5. The molecule has 8 heteroatoms. The second-order valence-electron chi connectivity index (χ2n) is 7.02. The Morgan fingerprint density at radius 3 is 2.88 bits per heavy atom. The number of carbonyl (C=O) groups excluding carboxylic acids is 1. The molecule has 3 aromatic rings. The van der Waals surface area contributed by atoms with Gasteiger partial charge in [0.1, 0.15) is 6.33 Å². The van der Waals surface area contributed by atoms with E-state index in [1.54, 1.807) is 12.4 Å². The van der Waals surface area contributed by atoms with Crippen molar-refractivity contribution in [3.05, 3.63) is 46.6 Å². The number of fused-ring (bicyclic) bond motifs is 5. The highest BCUT2D eigenvalue weighted by Gasteiger charge is 2.43. The van der Waals surface area contributed by atoms with Gasteiger partial charge in [-0.2, -0.15) is 4.98 Å². The molecule has 2 fully saturated rings. The Hall–Kier alpha value is -2.67. The second-order valence-corrected chi connectivity index (χ2v) is 7.42. The molecule has 1 aromatic carbocycles. The SMILES string of the molecule is O=C1c2c(Cl)cccc2-n2cnc(-c3nc(C4CC4)no3)c2[C@@H]2CCN12. The van der Waals surface area contributed by atoms with E-state index in [-0.39, 0.29) is 11.9 Å². The topological polar surface area (TPSA) is 77.0 Å². The molecule has 0 radical (unpaired) electrons.